The highest BCUT2D eigenvalue weighted by atomic mass is 16.6. The van der Waals surface area contributed by atoms with E-state index in [1.165, 1.54) is 11.6 Å². The Kier molecular flexibility index (Phi) is 6.20. The van der Waals surface area contributed by atoms with Gasteiger partial charge in [-0.2, -0.15) is 0 Å². The summed E-state index contributed by atoms with van der Waals surface area (Å²) in [5, 5.41) is 13.8. The molecule has 1 amide bonds. The van der Waals surface area contributed by atoms with Crippen LogP contribution >= 0.6 is 0 Å². The molecule has 1 atom stereocenters. The first-order valence-corrected chi connectivity index (χ1v) is 8.95. The summed E-state index contributed by atoms with van der Waals surface area (Å²) in [6, 6.07) is 12.3. The van der Waals surface area contributed by atoms with Crippen LogP contribution in [0.25, 0.3) is 0 Å². The van der Waals surface area contributed by atoms with E-state index in [0.717, 1.165) is 0 Å². The molecule has 144 valence electrons. The van der Waals surface area contributed by atoms with Crippen LogP contribution in [0.5, 0.6) is 5.75 Å². The fourth-order valence-electron chi connectivity index (χ4n) is 2.69. The summed E-state index contributed by atoms with van der Waals surface area (Å²) < 4.78 is 5.84. The van der Waals surface area contributed by atoms with E-state index in [9.17, 15) is 14.9 Å². The standard InChI is InChI=1S/C21H26N2O4/c1-6-19(27-16-12-10-15(11-13-16)21(3,4)5)20(24)22-17-8-7-9-18(14(17)2)23(25)26/h7-13,19H,6H2,1-5H3,(H,22,24). The van der Waals surface area contributed by atoms with Gasteiger partial charge in [-0.25, -0.2) is 0 Å². The van der Waals surface area contributed by atoms with Crippen molar-refractivity contribution in [1.82, 2.24) is 0 Å². The first kappa shape index (κ1) is 20.4. The Morgan fingerprint density at radius 1 is 1.19 bits per heavy atom. The summed E-state index contributed by atoms with van der Waals surface area (Å²) in [6.45, 7) is 9.86. The van der Waals surface area contributed by atoms with E-state index in [4.69, 9.17) is 4.74 Å². The van der Waals surface area contributed by atoms with Gasteiger partial charge in [-0.3, -0.25) is 14.9 Å². The molecule has 6 heteroatoms. The van der Waals surface area contributed by atoms with Crippen molar-refractivity contribution in [2.45, 2.75) is 52.6 Å². The second-order valence-corrected chi connectivity index (χ2v) is 7.49. The van der Waals surface area contributed by atoms with Crippen LogP contribution in [0.3, 0.4) is 0 Å². The maximum absolute atomic E-state index is 12.6. The minimum atomic E-state index is -0.691. The number of amides is 1. The third-order valence-corrected chi connectivity index (χ3v) is 4.42. The molecule has 2 rings (SSSR count). The van der Waals surface area contributed by atoms with E-state index < -0.39 is 11.0 Å². The molecule has 1 unspecified atom stereocenters. The number of benzene rings is 2. The zero-order chi connectivity index (χ0) is 20.2. The van der Waals surface area contributed by atoms with E-state index in [0.29, 0.717) is 23.4 Å². The van der Waals surface area contributed by atoms with Gasteiger partial charge >= 0.3 is 0 Å². The van der Waals surface area contributed by atoms with Crippen LogP contribution < -0.4 is 10.1 Å². The van der Waals surface area contributed by atoms with Crippen LogP contribution in [0.15, 0.2) is 42.5 Å². The largest absolute Gasteiger partial charge is 0.481 e. The average Bonchev–Trinajstić information content (AvgIpc) is 2.60. The highest BCUT2D eigenvalue weighted by molar-refractivity contribution is 5.95. The quantitative estimate of drug-likeness (QED) is 0.573. The zero-order valence-electron chi connectivity index (χ0n) is 16.4. The molecule has 0 bridgehead atoms. The van der Waals surface area contributed by atoms with Crippen molar-refractivity contribution in [3.05, 3.63) is 63.7 Å². The zero-order valence-corrected chi connectivity index (χ0v) is 16.4. The van der Waals surface area contributed by atoms with Crippen molar-refractivity contribution in [2.75, 3.05) is 5.32 Å². The molecule has 0 aliphatic heterocycles. The van der Waals surface area contributed by atoms with Gasteiger partial charge in [-0.05, 0) is 42.5 Å². The smallest absolute Gasteiger partial charge is 0.274 e. The molecular weight excluding hydrogens is 344 g/mol. The van der Waals surface area contributed by atoms with E-state index in [-0.39, 0.29) is 17.0 Å². The number of hydrogen-bond donors (Lipinski definition) is 1. The van der Waals surface area contributed by atoms with Gasteiger partial charge in [0.25, 0.3) is 11.6 Å². The fraction of sp³-hybridized carbons (Fsp3) is 0.381. The number of anilines is 1. The van der Waals surface area contributed by atoms with Gasteiger partial charge in [0, 0.05) is 6.07 Å². The van der Waals surface area contributed by atoms with E-state index >= 15 is 0 Å². The number of nitrogens with one attached hydrogen (secondary N) is 1. The van der Waals surface area contributed by atoms with Crippen molar-refractivity contribution in [3.8, 4) is 5.75 Å². The SMILES string of the molecule is CCC(Oc1ccc(C(C)(C)C)cc1)C(=O)Nc1cccc([N+](=O)[O-])c1C. The normalized spacial score (nSPS) is 12.3. The predicted molar refractivity (Wildman–Crippen MR) is 106 cm³/mol. The van der Waals surface area contributed by atoms with Gasteiger partial charge in [-0.15, -0.1) is 0 Å². The number of carbonyl (C=O) groups is 1. The summed E-state index contributed by atoms with van der Waals surface area (Å²) in [6.07, 6.45) is -0.218. The molecule has 6 nitrogen and oxygen atoms in total. The van der Waals surface area contributed by atoms with Gasteiger partial charge in [0.1, 0.15) is 5.75 Å². The first-order chi connectivity index (χ1) is 12.6. The van der Waals surface area contributed by atoms with Gasteiger partial charge in [-0.1, -0.05) is 45.9 Å². The van der Waals surface area contributed by atoms with E-state index in [2.05, 4.69) is 26.1 Å². The second-order valence-electron chi connectivity index (χ2n) is 7.49. The first-order valence-electron chi connectivity index (χ1n) is 8.95. The lowest BCUT2D eigenvalue weighted by Crippen LogP contribution is -2.32. The molecule has 2 aromatic carbocycles. The van der Waals surface area contributed by atoms with Crippen molar-refractivity contribution in [2.24, 2.45) is 0 Å². The van der Waals surface area contributed by atoms with E-state index in [1.54, 1.807) is 19.1 Å². The second kappa shape index (κ2) is 8.20. The van der Waals surface area contributed by atoms with Crippen molar-refractivity contribution in [1.29, 1.82) is 0 Å². The molecule has 0 spiro atoms. The Morgan fingerprint density at radius 3 is 2.33 bits per heavy atom. The predicted octanol–water partition coefficient (Wildman–Crippen LogP) is 5.00. The summed E-state index contributed by atoms with van der Waals surface area (Å²) in [4.78, 5) is 23.2. The summed E-state index contributed by atoms with van der Waals surface area (Å²) in [7, 11) is 0. The van der Waals surface area contributed by atoms with Crippen LogP contribution in [-0.2, 0) is 10.2 Å². The van der Waals surface area contributed by atoms with Crippen LogP contribution in [0, 0.1) is 17.0 Å². The number of hydrogen-bond acceptors (Lipinski definition) is 4. The summed E-state index contributed by atoms with van der Waals surface area (Å²) in [5.41, 5.74) is 2.03. The molecule has 0 aliphatic carbocycles. The minimum absolute atomic E-state index is 0.0282. The fourth-order valence-corrected chi connectivity index (χ4v) is 2.69. The maximum atomic E-state index is 12.6. The van der Waals surface area contributed by atoms with Crippen LogP contribution in [0.1, 0.15) is 45.2 Å². The maximum Gasteiger partial charge on any atom is 0.274 e. The molecule has 0 radical (unpaired) electrons. The molecule has 0 fully saturated rings. The monoisotopic (exact) mass is 370 g/mol. The molecule has 0 saturated heterocycles. The van der Waals surface area contributed by atoms with Crippen LogP contribution in [0.2, 0.25) is 0 Å². The lowest BCUT2D eigenvalue weighted by atomic mass is 9.87. The number of nitro groups is 1. The Hall–Kier alpha value is -2.89. The van der Waals surface area contributed by atoms with Crippen molar-refractivity contribution >= 4 is 17.3 Å². The third-order valence-electron chi connectivity index (χ3n) is 4.42. The van der Waals surface area contributed by atoms with Crippen LogP contribution in [0.4, 0.5) is 11.4 Å². The molecule has 0 saturated carbocycles. The van der Waals surface area contributed by atoms with Crippen molar-refractivity contribution < 1.29 is 14.5 Å². The molecule has 1 N–H and O–H groups in total. The van der Waals surface area contributed by atoms with Gasteiger partial charge in [0.05, 0.1) is 16.2 Å². The molecule has 2 aromatic rings. The average molecular weight is 370 g/mol. The van der Waals surface area contributed by atoms with Crippen molar-refractivity contribution in [3.63, 3.8) is 0 Å². The molecule has 0 aliphatic rings. The third kappa shape index (κ3) is 5.06. The molecular formula is C21H26N2O4. The number of ether oxygens (including phenoxy) is 1. The summed E-state index contributed by atoms with van der Waals surface area (Å²) in [5.74, 6) is 0.279. The topological polar surface area (TPSA) is 81.5 Å². The lowest BCUT2D eigenvalue weighted by molar-refractivity contribution is -0.385. The molecule has 27 heavy (non-hydrogen) atoms. The Morgan fingerprint density at radius 2 is 1.81 bits per heavy atom. The molecule has 0 aromatic heterocycles. The number of rotatable bonds is 6. The number of nitro benzene ring substituents is 1. The van der Waals surface area contributed by atoms with Gasteiger partial charge in [0.15, 0.2) is 6.10 Å². The van der Waals surface area contributed by atoms with E-state index in [1.807, 2.05) is 31.2 Å². The Balaban J connectivity index is 2.13. The van der Waals surface area contributed by atoms with Gasteiger partial charge in [0.2, 0.25) is 0 Å². The lowest BCUT2D eigenvalue weighted by Gasteiger charge is -2.21. The number of carbonyl (C=O) groups excluding carboxylic acids is 1. The number of nitrogens with zero attached hydrogens (tertiary/aromatic N) is 1. The minimum Gasteiger partial charge on any atom is -0.481 e. The molecule has 0 heterocycles. The highest BCUT2D eigenvalue weighted by Crippen LogP contribution is 2.27. The Bertz CT molecular complexity index is 823. The summed E-state index contributed by atoms with van der Waals surface area (Å²) >= 11 is 0. The van der Waals surface area contributed by atoms with Crippen LogP contribution in [-0.4, -0.2) is 16.9 Å². The van der Waals surface area contributed by atoms with Gasteiger partial charge < -0.3 is 10.1 Å². The Labute approximate surface area is 159 Å². The highest BCUT2D eigenvalue weighted by Gasteiger charge is 2.22.